The molecule has 118 valence electrons. The van der Waals surface area contributed by atoms with Crippen molar-refractivity contribution in [3.63, 3.8) is 0 Å². The molecule has 0 spiro atoms. The second kappa shape index (κ2) is 12.9. The maximum atomic E-state index is 9.60. The predicted molar refractivity (Wildman–Crippen MR) is 83.4 cm³/mol. The van der Waals surface area contributed by atoms with Gasteiger partial charge >= 0.3 is 17.9 Å². The summed E-state index contributed by atoms with van der Waals surface area (Å²) in [6.07, 6.45) is 2.95. The number of hydrogen-bond acceptors (Lipinski definition) is 3. The van der Waals surface area contributed by atoms with Crippen LogP contribution in [0.1, 0.15) is 12.5 Å². The molecule has 0 amide bonds. The lowest BCUT2D eigenvalue weighted by molar-refractivity contribution is -0.134. The fourth-order valence-corrected chi connectivity index (χ4v) is 0.732. The Morgan fingerprint density at radius 1 is 0.955 bits per heavy atom. The van der Waals surface area contributed by atoms with Gasteiger partial charge in [-0.3, -0.25) is 0 Å². The monoisotopic (exact) mass is 306 g/mol. The quantitative estimate of drug-likeness (QED) is 0.737. The van der Waals surface area contributed by atoms with Crippen LogP contribution in [0.15, 0.2) is 61.2 Å². The molecule has 0 radical (unpaired) electrons. The average Bonchev–Trinajstić information content (AvgIpc) is 2.47. The van der Waals surface area contributed by atoms with Crippen molar-refractivity contribution in [2.24, 2.45) is 0 Å². The summed E-state index contributed by atoms with van der Waals surface area (Å²) in [5.74, 6) is -3.45. The van der Waals surface area contributed by atoms with Crippen molar-refractivity contribution in [1.82, 2.24) is 0 Å². The van der Waals surface area contributed by atoms with Gasteiger partial charge in [-0.1, -0.05) is 49.6 Å². The Labute approximate surface area is 128 Å². The van der Waals surface area contributed by atoms with E-state index in [1.54, 1.807) is 0 Å². The van der Waals surface area contributed by atoms with Crippen molar-refractivity contribution >= 4 is 24.0 Å². The minimum Gasteiger partial charge on any atom is -0.478 e. The van der Waals surface area contributed by atoms with E-state index in [2.05, 4.69) is 13.2 Å². The summed E-state index contributed by atoms with van der Waals surface area (Å²) in [6, 6.07) is 10.0. The van der Waals surface area contributed by atoms with Crippen LogP contribution in [0.5, 0.6) is 0 Å². The molecule has 0 unspecified atom stereocenters. The van der Waals surface area contributed by atoms with Crippen molar-refractivity contribution < 1.29 is 29.7 Å². The van der Waals surface area contributed by atoms with Crippen LogP contribution in [-0.4, -0.2) is 33.2 Å². The highest BCUT2D eigenvalue weighted by atomic mass is 16.4. The summed E-state index contributed by atoms with van der Waals surface area (Å²) in [7, 11) is 0. The molecule has 3 N–H and O–H groups in total. The molecule has 1 aromatic rings. The van der Waals surface area contributed by atoms with Crippen LogP contribution in [-0.2, 0) is 14.4 Å². The first kappa shape index (κ1) is 21.2. The van der Waals surface area contributed by atoms with Gasteiger partial charge in [-0.05, 0) is 12.5 Å². The zero-order valence-corrected chi connectivity index (χ0v) is 12.1. The van der Waals surface area contributed by atoms with Crippen LogP contribution in [0.4, 0.5) is 0 Å². The van der Waals surface area contributed by atoms with E-state index in [0.717, 1.165) is 0 Å². The topological polar surface area (TPSA) is 112 Å². The summed E-state index contributed by atoms with van der Waals surface area (Å²) in [6.45, 7) is 8.23. The third kappa shape index (κ3) is 16.9. The molecule has 0 fully saturated rings. The van der Waals surface area contributed by atoms with Crippen molar-refractivity contribution in [3.8, 4) is 0 Å². The Kier molecular flexibility index (Phi) is 12.4. The minimum atomic E-state index is -1.26. The fourth-order valence-electron chi connectivity index (χ4n) is 0.732. The van der Waals surface area contributed by atoms with E-state index in [4.69, 9.17) is 15.3 Å². The lowest BCUT2D eigenvalue weighted by Gasteiger charge is -1.85. The zero-order chi connectivity index (χ0) is 17.5. The van der Waals surface area contributed by atoms with E-state index in [1.165, 1.54) is 12.5 Å². The van der Waals surface area contributed by atoms with Crippen LogP contribution in [0, 0.1) is 0 Å². The standard InChI is InChI=1S/C8H8.C4H4O4.C4H6O2/c1-2-8-6-4-3-5-7-8;5-3(6)1-2-4(7)8;1-3(2)4(5)6/h2-7H,1H2;1-2H,(H,5,6)(H,7,8);1H2,2H3,(H,5,6). The van der Waals surface area contributed by atoms with Gasteiger partial charge in [0.15, 0.2) is 0 Å². The Morgan fingerprint density at radius 3 is 1.50 bits per heavy atom. The van der Waals surface area contributed by atoms with Gasteiger partial charge in [-0.25, -0.2) is 14.4 Å². The zero-order valence-electron chi connectivity index (χ0n) is 12.1. The largest absolute Gasteiger partial charge is 0.478 e. The second-order valence-corrected chi connectivity index (χ2v) is 3.71. The Bertz CT molecular complexity index is 515. The maximum Gasteiger partial charge on any atom is 0.330 e. The second-order valence-electron chi connectivity index (χ2n) is 3.71. The normalized spacial score (nSPS) is 8.59. The lowest BCUT2D eigenvalue weighted by Crippen LogP contribution is -1.92. The molecule has 6 nitrogen and oxygen atoms in total. The SMILES string of the molecule is C=C(C)C(=O)O.C=Cc1ccccc1.O=C(O)C=CC(=O)O. The first-order valence-electron chi connectivity index (χ1n) is 5.91. The first-order valence-corrected chi connectivity index (χ1v) is 5.91. The molecule has 0 aliphatic heterocycles. The predicted octanol–water partition coefficient (Wildman–Crippen LogP) is 2.69. The molecule has 0 bridgehead atoms. The third-order valence-corrected chi connectivity index (χ3v) is 1.77. The maximum absolute atomic E-state index is 9.60. The summed E-state index contributed by atoms with van der Waals surface area (Å²) < 4.78 is 0. The van der Waals surface area contributed by atoms with E-state index < -0.39 is 17.9 Å². The first-order chi connectivity index (χ1) is 10.2. The molecule has 0 saturated carbocycles. The van der Waals surface area contributed by atoms with E-state index in [0.29, 0.717) is 12.2 Å². The number of carboxylic acids is 3. The highest BCUT2D eigenvalue weighted by Crippen LogP contribution is 1.97. The number of carboxylic acid groups (broad SMARTS) is 3. The summed E-state index contributed by atoms with van der Waals surface area (Å²) in [5.41, 5.74) is 1.35. The number of hydrogen-bond donors (Lipinski definition) is 3. The Morgan fingerprint density at radius 2 is 1.32 bits per heavy atom. The molecule has 6 heteroatoms. The van der Waals surface area contributed by atoms with E-state index in [1.807, 2.05) is 36.4 Å². The van der Waals surface area contributed by atoms with Crippen molar-refractivity contribution in [1.29, 1.82) is 0 Å². The van der Waals surface area contributed by atoms with Gasteiger partial charge in [0, 0.05) is 17.7 Å². The molecule has 0 aromatic heterocycles. The van der Waals surface area contributed by atoms with Crippen molar-refractivity contribution in [2.45, 2.75) is 6.92 Å². The highest BCUT2D eigenvalue weighted by molar-refractivity contribution is 5.89. The fraction of sp³-hybridized carbons (Fsp3) is 0.0625. The average molecular weight is 306 g/mol. The van der Waals surface area contributed by atoms with Gasteiger partial charge in [0.2, 0.25) is 0 Å². The summed E-state index contributed by atoms with van der Waals surface area (Å²) in [4.78, 5) is 28.7. The Hall–Kier alpha value is -3.15. The van der Waals surface area contributed by atoms with Gasteiger partial charge in [0.05, 0.1) is 0 Å². The van der Waals surface area contributed by atoms with Gasteiger partial charge in [-0.15, -0.1) is 0 Å². The molecule has 0 heterocycles. The summed E-state index contributed by atoms with van der Waals surface area (Å²) in [5, 5.41) is 23.5. The molecule has 0 atom stereocenters. The molecule has 0 aliphatic carbocycles. The summed E-state index contributed by atoms with van der Waals surface area (Å²) >= 11 is 0. The van der Waals surface area contributed by atoms with Crippen LogP contribution in [0.2, 0.25) is 0 Å². The van der Waals surface area contributed by atoms with Crippen LogP contribution in [0.25, 0.3) is 6.08 Å². The van der Waals surface area contributed by atoms with Crippen molar-refractivity contribution in [3.05, 3.63) is 66.8 Å². The van der Waals surface area contributed by atoms with Gasteiger partial charge < -0.3 is 15.3 Å². The van der Waals surface area contributed by atoms with Gasteiger partial charge in [0.1, 0.15) is 0 Å². The third-order valence-electron chi connectivity index (χ3n) is 1.77. The molecular weight excluding hydrogens is 288 g/mol. The van der Waals surface area contributed by atoms with Crippen LogP contribution < -0.4 is 0 Å². The highest BCUT2D eigenvalue weighted by Gasteiger charge is 1.90. The lowest BCUT2D eigenvalue weighted by atomic mass is 10.2. The smallest absolute Gasteiger partial charge is 0.330 e. The van der Waals surface area contributed by atoms with E-state index >= 15 is 0 Å². The molecular formula is C16H18O6. The number of aliphatic carboxylic acids is 3. The molecule has 1 aromatic carbocycles. The van der Waals surface area contributed by atoms with E-state index in [9.17, 15) is 14.4 Å². The molecule has 1 rings (SSSR count). The molecule has 0 saturated heterocycles. The molecule has 0 aliphatic rings. The van der Waals surface area contributed by atoms with Gasteiger partial charge in [0.25, 0.3) is 0 Å². The minimum absolute atomic E-state index is 0.176. The van der Waals surface area contributed by atoms with Crippen LogP contribution >= 0.6 is 0 Å². The van der Waals surface area contributed by atoms with Crippen LogP contribution in [0.3, 0.4) is 0 Å². The number of carbonyl (C=O) groups is 3. The molecule has 22 heavy (non-hydrogen) atoms. The van der Waals surface area contributed by atoms with Crippen molar-refractivity contribution in [2.75, 3.05) is 0 Å². The number of rotatable bonds is 4. The Balaban J connectivity index is 0. The van der Waals surface area contributed by atoms with E-state index in [-0.39, 0.29) is 5.57 Å². The number of benzene rings is 1. The van der Waals surface area contributed by atoms with Gasteiger partial charge in [-0.2, -0.15) is 0 Å².